The lowest BCUT2D eigenvalue weighted by molar-refractivity contribution is -0.137. The molecule has 1 aromatic carbocycles. The van der Waals surface area contributed by atoms with Crippen LogP contribution in [0.15, 0.2) is 61.7 Å². The number of imide groups is 1. The largest absolute Gasteiger partial charge is 0.508 e. The van der Waals surface area contributed by atoms with Crippen LogP contribution in [0.1, 0.15) is 58.1 Å². The summed E-state index contributed by atoms with van der Waals surface area (Å²) < 4.78 is 84.1. The molecule has 92 heavy (non-hydrogen) atoms. The average molecular weight is 1360 g/mol. The van der Waals surface area contributed by atoms with Crippen LogP contribution in [-0.4, -0.2) is 196 Å². The number of rotatable bonds is 21. The second-order valence-corrected chi connectivity index (χ2v) is 27.1. The van der Waals surface area contributed by atoms with Crippen LogP contribution in [0.2, 0.25) is 0 Å². The van der Waals surface area contributed by atoms with Gasteiger partial charge in [0.2, 0.25) is 17.7 Å². The van der Waals surface area contributed by atoms with E-state index < -0.39 is 148 Å². The van der Waals surface area contributed by atoms with Gasteiger partial charge in [-0.25, -0.2) is 53.4 Å². The minimum absolute atomic E-state index is 0.0242. The number of primary amides is 1. The number of urea groups is 1. The minimum atomic E-state index is -4.69. The number of aliphatic hydroxyl groups is 1. The molecule has 0 saturated carbocycles. The van der Waals surface area contributed by atoms with Crippen LogP contribution in [0.25, 0.3) is 22.3 Å². The third-order valence-corrected chi connectivity index (χ3v) is 17.9. The molecule has 496 valence electrons. The first-order chi connectivity index (χ1) is 43.7. The van der Waals surface area contributed by atoms with Gasteiger partial charge in [-0.05, 0) is 43.4 Å². The van der Waals surface area contributed by atoms with Gasteiger partial charge >= 0.3 is 31.9 Å². The predicted molar refractivity (Wildman–Crippen MR) is 323 cm³/mol. The molecule has 0 spiro atoms. The second kappa shape index (κ2) is 29.2. The molecule has 1 unspecified atom stereocenters. The van der Waals surface area contributed by atoms with E-state index in [1.807, 2.05) is 0 Å². The number of ether oxygens (including phenoxy) is 5. The van der Waals surface area contributed by atoms with E-state index in [1.54, 1.807) is 26.0 Å². The van der Waals surface area contributed by atoms with Crippen molar-refractivity contribution in [2.24, 2.45) is 11.7 Å². The highest BCUT2D eigenvalue weighted by molar-refractivity contribution is 8.44. The number of benzene rings is 1. The van der Waals surface area contributed by atoms with Crippen molar-refractivity contribution in [1.82, 2.24) is 64.8 Å². The average Bonchev–Trinajstić information content (AvgIpc) is 1.62. The molecule has 41 heteroatoms. The van der Waals surface area contributed by atoms with Crippen LogP contribution in [-0.2, 0) is 81.5 Å². The summed E-state index contributed by atoms with van der Waals surface area (Å²) in [5, 5.41) is 22.1. The Labute approximate surface area is 532 Å². The number of fused-ring (bicyclic) bond motifs is 5. The first kappa shape index (κ1) is 68.3. The number of aromatic nitrogens is 8. The summed E-state index contributed by atoms with van der Waals surface area (Å²) in [6.45, 7) is -6.47. The van der Waals surface area contributed by atoms with Crippen molar-refractivity contribution in [2.45, 2.75) is 114 Å². The summed E-state index contributed by atoms with van der Waals surface area (Å²) in [6, 6.07) is 3.02. The van der Waals surface area contributed by atoms with E-state index in [2.05, 4.69) is 75.7 Å². The highest BCUT2D eigenvalue weighted by Crippen LogP contribution is 2.61. The number of nitrogens with one attached hydrogen (secondary N) is 4. The van der Waals surface area contributed by atoms with Crippen molar-refractivity contribution < 1.29 is 94.4 Å². The van der Waals surface area contributed by atoms with Crippen LogP contribution in [0, 0.1) is 5.92 Å². The van der Waals surface area contributed by atoms with Crippen molar-refractivity contribution in [3.63, 3.8) is 0 Å². The normalized spacial score (nSPS) is 26.3. The van der Waals surface area contributed by atoms with Crippen LogP contribution in [0.4, 0.5) is 31.7 Å². The number of hydrogen-bond acceptors (Lipinski definition) is 28. The Balaban J connectivity index is 0.809. The maximum atomic E-state index is 14.4. The minimum Gasteiger partial charge on any atom is -0.445 e. The first-order valence-corrected chi connectivity index (χ1v) is 33.5. The van der Waals surface area contributed by atoms with Crippen molar-refractivity contribution in [2.75, 3.05) is 56.7 Å². The number of carbonyl (C=O) groups excluding carboxylic acids is 8. The Kier molecular flexibility index (Phi) is 21.7. The number of anilines is 3. The van der Waals surface area contributed by atoms with E-state index in [9.17, 15) is 52.6 Å². The van der Waals surface area contributed by atoms with E-state index >= 15 is 0 Å². The Hall–Kier alpha value is -8.10. The van der Waals surface area contributed by atoms with Crippen molar-refractivity contribution in [3.05, 3.63) is 67.3 Å². The number of nitrogen functional groups attached to an aromatic ring is 2. The highest BCUT2D eigenvalue weighted by atomic mass is 32.7. The van der Waals surface area contributed by atoms with E-state index in [4.69, 9.17) is 59.0 Å². The fourth-order valence-electron chi connectivity index (χ4n) is 10.00. The number of nitrogens with zero attached hydrogens (tertiary/aromatic N) is 10. The van der Waals surface area contributed by atoms with Gasteiger partial charge in [0.05, 0.1) is 31.9 Å². The molecule has 9 rings (SSSR count). The van der Waals surface area contributed by atoms with Crippen LogP contribution >= 0.6 is 38.1 Å². The molecule has 4 aliphatic rings. The molecule has 8 amide bonds. The monoisotopic (exact) mass is 1360 g/mol. The number of carbonyl (C=O) groups is 8. The Morgan fingerprint density at radius 2 is 1.45 bits per heavy atom. The lowest BCUT2D eigenvalue weighted by atomic mass is 10.0. The summed E-state index contributed by atoms with van der Waals surface area (Å²) >= 11 is 8.48. The molecule has 2 bridgehead atoms. The number of amides is 8. The van der Waals surface area contributed by atoms with E-state index in [0.29, 0.717) is 5.56 Å². The Bertz CT molecular complexity index is 3720. The van der Waals surface area contributed by atoms with Gasteiger partial charge in [0.25, 0.3) is 11.8 Å². The molecule has 3 fully saturated rings. The molecule has 8 heterocycles. The standard InChI is InChI=1S/C51H65N17O20P2S2/c1-24(2)33(64-30(69)13-15-66-31(70)11-12-32(66)71)46(74)63-28(6-5-14-55-49(54)75)45(73)62-27-9-7-26(8-10-27)18-81-50(76)65(4)16-17-80-51(77)85-40-38-29(83-48(40)68-23-61-35-42(53)57-21-59-44(35)68)19-82-89(78,91)88-39-36(72)37(25(3)86-90(79,92)87-38)84-47(39)67-22-60-34-41(52)56-20-58-43(34)67/h7-12,20-25,28-29,33,36-40,47-48,72H,5-6,13-19H2,1-4H3,(H,62,73)(H,63,74)(H,64,69)(H,78,91)(H,79,92)(H2,52,56,58)(H2,53,57,59)(H3,54,55,75)/t25-,28+,29?,33+,36-,37-,38-,39-,40-,47-,48-,89-,90-/m1/s1. The van der Waals surface area contributed by atoms with Crippen molar-refractivity contribution in [1.29, 1.82) is 0 Å². The van der Waals surface area contributed by atoms with Gasteiger partial charge in [-0.1, -0.05) is 50.5 Å². The zero-order chi connectivity index (χ0) is 66.3. The van der Waals surface area contributed by atoms with Crippen LogP contribution < -0.4 is 38.5 Å². The van der Waals surface area contributed by atoms with Gasteiger partial charge in [-0.3, -0.25) is 56.1 Å². The fourth-order valence-corrected chi connectivity index (χ4v) is 13.4. The van der Waals surface area contributed by atoms with E-state index in [0.717, 1.165) is 28.3 Å². The van der Waals surface area contributed by atoms with Crippen LogP contribution in [0.3, 0.4) is 0 Å². The molecule has 11 N–H and O–H groups in total. The Morgan fingerprint density at radius 1 is 0.815 bits per heavy atom. The summed E-state index contributed by atoms with van der Waals surface area (Å²) in [7, 11) is 1.35. The van der Waals surface area contributed by atoms with Crippen LogP contribution in [0.5, 0.6) is 0 Å². The number of likely N-dealkylation sites (N-methyl/N-ethyl adjacent to an activating group) is 1. The van der Waals surface area contributed by atoms with Gasteiger partial charge < -0.3 is 72.2 Å². The van der Waals surface area contributed by atoms with E-state index in [-0.39, 0.29) is 85.2 Å². The summed E-state index contributed by atoms with van der Waals surface area (Å²) in [5.41, 5.74) is 18.5. The molecule has 3 saturated heterocycles. The zero-order valence-electron chi connectivity index (χ0n) is 49.3. The predicted octanol–water partition coefficient (Wildman–Crippen LogP) is 1.39. The molecular formula is C51H65N17O20P2S2. The number of aliphatic hydroxyl groups excluding tert-OH is 1. The topological polar surface area (TPSA) is 494 Å². The molecule has 5 aromatic rings. The van der Waals surface area contributed by atoms with E-state index in [1.165, 1.54) is 54.2 Å². The van der Waals surface area contributed by atoms with Gasteiger partial charge in [0.15, 0.2) is 41.5 Å². The first-order valence-electron chi connectivity index (χ1n) is 28.2. The lowest BCUT2D eigenvalue weighted by Crippen LogP contribution is -2.54. The molecule has 0 aliphatic carbocycles. The number of imidazole rings is 2. The fraction of sp³-hybridized carbons (Fsp3) is 0.490. The second-order valence-electron chi connectivity index (χ2n) is 21.4. The quantitative estimate of drug-likeness (QED) is 0.0163. The van der Waals surface area contributed by atoms with Gasteiger partial charge in [-0.2, -0.15) is 0 Å². The molecule has 4 aliphatic heterocycles. The lowest BCUT2D eigenvalue weighted by Gasteiger charge is -2.29. The van der Waals surface area contributed by atoms with Gasteiger partial charge in [0, 0.05) is 44.4 Å². The van der Waals surface area contributed by atoms with Gasteiger partial charge in [-0.15, -0.1) is 0 Å². The third kappa shape index (κ3) is 16.4. The molecule has 4 aromatic heterocycles. The maximum absolute atomic E-state index is 14.4. The summed E-state index contributed by atoms with van der Waals surface area (Å²) in [5.74, 6) is -3.58. The number of thiol groups is 2. The SMILES string of the molecule is CC(C)[C@H](NC(=O)CCN1C(=O)C=CC1=O)C(=O)N[C@@H](CCCNC(N)=O)C(=O)Nc1ccc(COC(=O)N(C)CCOC(=O)O[C@@H]2[C@@H]3O[P@](=O)(S)O[C@H](C)[C@H]4O[C@@H](n5cnc6c(N)ncnc65)[C@H](O[P@](=O)(S)OCC3O[C@H]2n2cnc3c(N)ncnc32)[C@@H]4O)cc1. The van der Waals surface area contributed by atoms with Crippen molar-refractivity contribution in [3.8, 4) is 0 Å². The van der Waals surface area contributed by atoms with Gasteiger partial charge in [0.1, 0.15) is 79.5 Å². The Morgan fingerprint density at radius 3 is 2.08 bits per heavy atom. The number of nitrogens with two attached hydrogens (primary N) is 3. The zero-order valence-corrected chi connectivity index (χ0v) is 52.8. The summed E-state index contributed by atoms with van der Waals surface area (Å²) in [4.78, 5) is 129. The highest BCUT2D eigenvalue weighted by Gasteiger charge is 2.56. The summed E-state index contributed by atoms with van der Waals surface area (Å²) in [6.07, 6.45) is -8.97. The van der Waals surface area contributed by atoms with Crippen molar-refractivity contribution >= 4 is 126 Å². The third-order valence-electron chi connectivity index (χ3n) is 14.6. The molecular weight excluding hydrogens is 1300 g/mol. The smallest absolute Gasteiger partial charge is 0.445 e. The number of hydrogen-bond donors (Lipinski definition) is 10. The maximum Gasteiger partial charge on any atom is 0.508 e. The molecule has 0 radical (unpaired) electrons. The molecule has 13 atom stereocenters. The molecule has 37 nitrogen and oxygen atoms in total.